The molecule has 0 spiro atoms. The number of benzene rings is 1. The molecule has 5 nitrogen and oxygen atoms in total. The van der Waals surface area contributed by atoms with Gasteiger partial charge in [-0.1, -0.05) is 11.6 Å². The molecule has 0 aliphatic heterocycles. The van der Waals surface area contributed by atoms with E-state index < -0.39 is 12.3 Å². The van der Waals surface area contributed by atoms with E-state index in [2.05, 4.69) is 20.3 Å². The molecule has 2 rings (SSSR count). The summed E-state index contributed by atoms with van der Waals surface area (Å²) in [4.78, 5) is 11.8. The number of alkyl halides is 3. The molecule has 1 N–H and O–H groups in total. The van der Waals surface area contributed by atoms with Crippen LogP contribution in [0.2, 0.25) is 5.15 Å². The van der Waals surface area contributed by atoms with Gasteiger partial charge in [-0.15, -0.1) is 23.4 Å². The predicted octanol–water partition coefficient (Wildman–Crippen LogP) is 3.28. The summed E-state index contributed by atoms with van der Waals surface area (Å²) < 4.78 is 39.7. The standard InChI is InChI=1S/C12H7ClF3N3O2/c13-10-6-5-9(18-19-10)11(20)17-7-1-3-8(4-2-7)21-12(14,15)16/h1-6H,(H,17,20). The molecule has 0 aliphatic carbocycles. The number of carbonyl (C=O) groups is 1. The lowest BCUT2D eigenvalue weighted by Crippen LogP contribution is -2.17. The molecule has 0 fully saturated rings. The van der Waals surface area contributed by atoms with E-state index in [0.717, 1.165) is 12.1 Å². The van der Waals surface area contributed by atoms with Gasteiger partial charge in [-0.3, -0.25) is 4.79 Å². The highest BCUT2D eigenvalue weighted by Gasteiger charge is 2.30. The van der Waals surface area contributed by atoms with Gasteiger partial charge in [0.25, 0.3) is 5.91 Å². The van der Waals surface area contributed by atoms with Crippen LogP contribution in [0.4, 0.5) is 18.9 Å². The Morgan fingerprint density at radius 1 is 1.10 bits per heavy atom. The number of ether oxygens (including phenoxy) is 1. The van der Waals surface area contributed by atoms with Crippen molar-refractivity contribution in [2.45, 2.75) is 6.36 Å². The van der Waals surface area contributed by atoms with Crippen molar-refractivity contribution in [2.75, 3.05) is 5.32 Å². The molecule has 2 aromatic rings. The van der Waals surface area contributed by atoms with Gasteiger partial charge in [-0.05, 0) is 36.4 Å². The Kier molecular flexibility index (Phi) is 4.27. The van der Waals surface area contributed by atoms with E-state index in [1.165, 1.54) is 24.3 Å². The van der Waals surface area contributed by atoms with Crippen molar-refractivity contribution in [3.63, 3.8) is 0 Å². The molecule has 0 saturated carbocycles. The number of carbonyl (C=O) groups excluding carboxylic acids is 1. The van der Waals surface area contributed by atoms with Gasteiger partial charge in [0.15, 0.2) is 10.8 Å². The number of hydrogen-bond donors (Lipinski definition) is 1. The number of aromatic nitrogens is 2. The third kappa shape index (κ3) is 4.60. The van der Waals surface area contributed by atoms with Crippen molar-refractivity contribution in [2.24, 2.45) is 0 Å². The van der Waals surface area contributed by atoms with Crippen LogP contribution in [0.5, 0.6) is 5.75 Å². The Labute approximate surface area is 121 Å². The predicted molar refractivity (Wildman–Crippen MR) is 68.1 cm³/mol. The fraction of sp³-hybridized carbons (Fsp3) is 0.0833. The van der Waals surface area contributed by atoms with E-state index in [9.17, 15) is 18.0 Å². The smallest absolute Gasteiger partial charge is 0.406 e. The normalized spacial score (nSPS) is 11.0. The number of amides is 1. The second-order valence-corrected chi connectivity index (χ2v) is 4.15. The summed E-state index contributed by atoms with van der Waals surface area (Å²) in [6, 6.07) is 7.45. The van der Waals surface area contributed by atoms with E-state index in [4.69, 9.17) is 11.6 Å². The molecule has 1 amide bonds. The fourth-order valence-corrected chi connectivity index (χ4v) is 1.47. The lowest BCUT2D eigenvalue weighted by molar-refractivity contribution is -0.274. The van der Waals surface area contributed by atoms with Gasteiger partial charge in [0, 0.05) is 5.69 Å². The van der Waals surface area contributed by atoms with Crippen LogP contribution in [0, 0.1) is 0 Å². The van der Waals surface area contributed by atoms with E-state index in [1.54, 1.807) is 0 Å². The number of halogens is 4. The third-order valence-corrected chi connectivity index (χ3v) is 2.41. The Balaban J connectivity index is 2.03. The topological polar surface area (TPSA) is 64.1 Å². The van der Waals surface area contributed by atoms with E-state index >= 15 is 0 Å². The summed E-state index contributed by atoms with van der Waals surface area (Å²) >= 11 is 5.54. The molecule has 9 heteroatoms. The van der Waals surface area contributed by atoms with Crippen molar-refractivity contribution in [3.05, 3.63) is 47.2 Å². The van der Waals surface area contributed by atoms with Gasteiger partial charge in [0.2, 0.25) is 0 Å². The van der Waals surface area contributed by atoms with Gasteiger partial charge >= 0.3 is 6.36 Å². The molecule has 110 valence electrons. The first kappa shape index (κ1) is 15.0. The lowest BCUT2D eigenvalue weighted by atomic mass is 10.3. The average Bonchev–Trinajstić information content (AvgIpc) is 2.40. The Morgan fingerprint density at radius 2 is 1.76 bits per heavy atom. The maximum absolute atomic E-state index is 12.0. The largest absolute Gasteiger partial charge is 0.573 e. The molecule has 0 radical (unpaired) electrons. The first-order chi connectivity index (χ1) is 9.83. The van der Waals surface area contributed by atoms with Crippen molar-refractivity contribution in [1.29, 1.82) is 0 Å². The number of nitrogens with zero attached hydrogens (tertiary/aromatic N) is 2. The first-order valence-electron chi connectivity index (χ1n) is 5.50. The van der Waals surface area contributed by atoms with Crippen molar-refractivity contribution < 1.29 is 22.7 Å². The summed E-state index contributed by atoms with van der Waals surface area (Å²) in [5.74, 6) is -0.949. The maximum atomic E-state index is 12.0. The lowest BCUT2D eigenvalue weighted by Gasteiger charge is -2.09. The van der Waals surface area contributed by atoms with Crippen LogP contribution in [-0.2, 0) is 0 Å². The zero-order valence-electron chi connectivity index (χ0n) is 10.2. The minimum absolute atomic E-state index is 0.0232. The Morgan fingerprint density at radius 3 is 2.29 bits per heavy atom. The Bertz CT molecular complexity index is 630. The highest BCUT2D eigenvalue weighted by molar-refractivity contribution is 6.29. The van der Waals surface area contributed by atoms with Gasteiger partial charge in [0.1, 0.15) is 5.75 Å². The van der Waals surface area contributed by atoms with Crippen LogP contribution in [0.1, 0.15) is 10.5 Å². The molecule has 21 heavy (non-hydrogen) atoms. The zero-order valence-corrected chi connectivity index (χ0v) is 10.9. The van der Waals surface area contributed by atoms with Crippen LogP contribution >= 0.6 is 11.6 Å². The number of anilines is 1. The highest BCUT2D eigenvalue weighted by Crippen LogP contribution is 2.24. The summed E-state index contributed by atoms with van der Waals surface area (Å²) in [6.07, 6.45) is -4.76. The molecule has 0 unspecified atom stereocenters. The highest BCUT2D eigenvalue weighted by atomic mass is 35.5. The van der Waals surface area contributed by atoms with Crippen LogP contribution in [0.25, 0.3) is 0 Å². The number of rotatable bonds is 3. The molecule has 0 atom stereocenters. The molecular weight excluding hydrogens is 311 g/mol. The average molecular weight is 318 g/mol. The molecular formula is C12H7ClF3N3O2. The zero-order chi connectivity index (χ0) is 15.5. The van der Waals surface area contributed by atoms with Gasteiger partial charge in [0.05, 0.1) is 0 Å². The van der Waals surface area contributed by atoms with Crippen LogP contribution in [0.15, 0.2) is 36.4 Å². The molecule has 0 saturated heterocycles. The summed E-state index contributed by atoms with van der Waals surface area (Å²) in [5, 5.41) is 9.66. The second-order valence-electron chi connectivity index (χ2n) is 3.77. The third-order valence-electron chi connectivity index (χ3n) is 2.21. The molecule has 1 heterocycles. The molecule has 0 bridgehead atoms. The second kappa shape index (κ2) is 5.96. The van der Waals surface area contributed by atoms with Crippen molar-refractivity contribution >= 4 is 23.2 Å². The monoisotopic (exact) mass is 317 g/mol. The maximum Gasteiger partial charge on any atom is 0.573 e. The van der Waals surface area contributed by atoms with Crippen molar-refractivity contribution in [1.82, 2.24) is 10.2 Å². The molecule has 1 aromatic carbocycles. The van der Waals surface area contributed by atoms with Gasteiger partial charge in [-0.25, -0.2) is 0 Å². The van der Waals surface area contributed by atoms with E-state index in [0.29, 0.717) is 0 Å². The summed E-state index contributed by atoms with van der Waals surface area (Å²) in [7, 11) is 0. The SMILES string of the molecule is O=C(Nc1ccc(OC(F)(F)F)cc1)c1ccc(Cl)nn1. The fourth-order valence-electron chi connectivity index (χ4n) is 1.37. The van der Waals surface area contributed by atoms with Crippen LogP contribution in [0.3, 0.4) is 0 Å². The minimum Gasteiger partial charge on any atom is -0.406 e. The van der Waals surface area contributed by atoms with Crippen LogP contribution in [-0.4, -0.2) is 22.5 Å². The molecule has 1 aromatic heterocycles. The molecule has 0 aliphatic rings. The number of nitrogens with one attached hydrogen (secondary N) is 1. The minimum atomic E-state index is -4.76. The van der Waals surface area contributed by atoms with E-state index in [1.807, 2.05) is 0 Å². The Hall–Kier alpha value is -2.35. The summed E-state index contributed by atoms with van der Waals surface area (Å²) in [5.41, 5.74) is 0.307. The number of hydrogen-bond acceptors (Lipinski definition) is 4. The van der Waals surface area contributed by atoms with Crippen molar-refractivity contribution in [3.8, 4) is 5.75 Å². The van der Waals surface area contributed by atoms with E-state index in [-0.39, 0.29) is 22.3 Å². The summed E-state index contributed by atoms with van der Waals surface area (Å²) in [6.45, 7) is 0. The van der Waals surface area contributed by atoms with Gasteiger partial charge in [-0.2, -0.15) is 0 Å². The first-order valence-corrected chi connectivity index (χ1v) is 5.88. The van der Waals surface area contributed by atoms with Gasteiger partial charge < -0.3 is 10.1 Å². The van der Waals surface area contributed by atoms with Crippen LogP contribution < -0.4 is 10.1 Å². The quantitative estimate of drug-likeness (QED) is 0.943.